The zero-order valence-electron chi connectivity index (χ0n) is 14.3. The third kappa shape index (κ3) is 3.56. The molecule has 1 fully saturated rings. The smallest absolute Gasteiger partial charge is 0.244 e. The third-order valence-electron chi connectivity index (χ3n) is 4.34. The zero-order valence-corrected chi connectivity index (χ0v) is 15.1. The van der Waals surface area contributed by atoms with Crippen LogP contribution in [-0.2, 0) is 21.9 Å². The van der Waals surface area contributed by atoms with Gasteiger partial charge in [-0.2, -0.15) is 9.82 Å². The van der Waals surface area contributed by atoms with Gasteiger partial charge in [-0.25, -0.2) is 8.42 Å². The molecular weight excluding hydrogens is 318 g/mol. The van der Waals surface area contributed by atoms with Gasteiger partial charge in [-0.1, -0.05) is 0 Å². The van der Waals surface area contributed by atoms with Crippen molar-refractivity contribution < 1.29 is 13.2 Å². The van der Waals surface area contributed by atoms with Gasteiger partial charge >= 0.3 is 0 Å². The van der Waals surface area contributed by atoms with Gasteiger partial charge in [0.05, 0.1) is 17.4 Å². The number of amides is 1. The molecule has 0 spiro atoms. The second-order valence-corrected chi connectivity index (χ2v) is 7.71. The Balaban J connectivity index is 2.14. The van der Waals surface area contributed by atoms with E-state index in [0.717, 1.165) is 19.5 Å². The van der Waals surface area contributed by atoms with Crippen LogP contribution in [-0.4, -0.2) is 61.2 Å². The fraction of sp³-hybridized carbons (Fsp3) is 0.714. The van der Waals surface area contributed by atoms with Gasteiger partial charge in [-0.15, -0.1) is 0 Å². The van der Waals surface area contributed by atoms with Crippen molar-refractivity contribution in [3.8, 4) is 0 Å². The Hall–Kier alpha value is -1.45. The van der Waals surface area contributed by atoms with Crippen LogP contribution in [0.4, 0.5) is 0 Å². The van der Waals surface area contributed by atoms with E-state index in [2.05, 4.69) is 15.1 Å². The minimum Gasteiger partial charge on any atom is -0.340 e. The van der Waals surface area contributed by atoms with Crippen molar-refractivity contribution in [2.24, 2.45) is 7.05 Å². The summed E-state index contributed by atoms with van der Waals surface area (Å²) >= 11 is 0. The molecule has 2 rings (SSSR count). The van der Waals surface area contributed by atoms with Crippen LogP contribution in [0.15, 0.2) is 4.90 Å². The fourth-order valence-corrected chi connectivity index (χ4v) is 4.58. The molecule has 9 heteroatoms. The molecule has 23 heavy (non-hydrogen) atoms. The fourth-order valence-electron chi connectivity index (χ4n) is 2.94. The van der Waals surface area contributed by atoms with Gasteiger partial charge in [0.2, 0.25) is 15.9 Å². The van der Waals surface area contributed by atoms with Crippen LogP contribution in [0.2, 0.25) is 0 Å². The van der Waals surface area contributed by atoms with Crippen LogP contribution in [0.3, 0.4) is 0 Å². The molecule has 2 atom stereocenters. The lowest BCUT2D eigenvalue weighted by Crippen LogP contribution is -2.49. The molecule has 0 aliphatic carbocycles. The molecule has 0 bridgehead atoms. The number of hydrogen-bond acceptors (Lipinski definition) is 5. The summed E-state index contributed by atoms with van der Waals surface area (Å²) in [6.45, 7) is 6.51. The van der Waals surface area contributed by atoms with Crippen LogP contribution in [0, 0.1) is 13.8 Å². The van der Waals surface area contributed by atoms with Gasteiger partial charge in [-0.05, 0) is 33.7 Å². The predicted molar refractivity (Wildman–Crippen MR) is 86.5 cm³/mol. The van der Waals surface area contributed by atoms with Crippen molar-refractivity contribution in [2.45, 2.75) is 44.2 Å². The lowest BCUT2D eigenvalue weighted by atomic mass is 10.2. The maximum Gasteiger partial charge on any atom is 0.244 e. The Morgan fingerprint density at radius 2 is 2.13 bits per heavy atom. The number of carbonyl (C=O) groups excluding carboxylic acids is 1. The second-order valence-electron chi connectivity index (χ2n) is 6.06. The highest BCUT2D eigenvalue weighted by molar-refractivity contribution is 7.89. The maximum atomic E-state index is 12.6. The number of hydrogen-bond donors (Lipinski definition) is 2. The Kier molecular flexibility index (Phi) is 5.12. The first-order valence-electron chi connectivity index (χ1n) is 7.65. The van der Waals surface area contributed by atoms with E-state index in [9.17, 15) is 13.2 Å². The monoisotopic (exact) mass is 343 g/mol. The number of rotatable bonds is 5. The summed E-state index contributed by atoms with van der Waals surface area (Å²) in [7, 11) is -0.394. The Bertz CT molecular complexity index is 692. The molecule has 0 radical (unpaired) electrons. The van der Waals surface area contributed by atoms with Crippen molar-refractivity contribution in [3.63, 3.8) is 0 Å². The molecule has 8 nitrogen and oxygen atoms in total. The van der Waals surface area contributed by atoms with Crippen molar-refractivity contribution >= 4 is 15.9 Å². The van der Waals surface area contributed by atoms with Crippen LogP contribution in [0.1, 0.15) is 24.7 Å². The topological polar surface area (TPSA) is 96.3 Å². The van der Waals surface area contributed by atoms with E-state index >= 15 is 0 Å². The normalized spacial score (nSPS) is 19.8. The van der Waals surface area contributed by atoms with Crippen molar-refractivity contribution in [2.75, 3.05) is 20.1 Å². The summed E-state index contributed by atoms with van der Waals surface area (Å²) in [6, 6.07) is -0.721. The summed E-state index contributed by atoms with van der Waals surface area (Å²) in [5, 5.41) is 7.32. The van der Waals surface area contributed by atoms with Gasteiger partial charge in [-0.3, -0.25) is 9.48 Å². The highest BCUT2D eigenvalue weighted by atomic mass is 32.2. The molecule has 2 unspecified atom stereocenters. The summed E-state index contributed by atoms with van der Waals surface area (Å²) in [5.41, 5.74) is 0.966. The molecule has 2 N–H and O–H groups in total. The zero-order chi connectivity index (χ0) is 17.4. The van der Waals surface area contributed by atoms with Crippen molar-refractivity contribution in [1.29, 1.82) is 0 Å². The average molecular weight is 343 g/mol. The first-order valence-corrected chi connectivity index (χ1v) is 9.13. The number of nitrogens with zero attached hydrogens (tertiary/aromatic N) is 3. The lowest BCUT2D eigenvalue weighted by Gasteiger charge is -2.27. The molecule has 1 amide bonds. The number of likely N-dealkylation sites (N-methyl/N-ethyl adjacent to an activating group) is 1. The predicted octanol–water partition coefficient (Wildman–Crippen LogP) is -0.476. The van der Waals surface area contributed by atoms with Gasteiger partial charge in [0.1, 0.15) is 4.90 Å². The Labute approximate surface area is 137 Å². The molecule has 1 aromatic rings. The Morgan fingerprint density at radius 1 is 1.48 bits per heavy atom. The van der Waals surface area contributed by atoms with Crippen LogP contribution in [0.5, 0.6) is 0 Å². The van der Waals surface area contributed by atoms with Gasteiger partial charge < -0.3 is 10.2 Å². The van der Waals surface area contributed by atoms with Crippen molar-refractivity contribution in [1.82, 2.24) is 24.7 Å². The van der Waals surface area contributed by atoms with Gasteiger partial charge in [0.25, 0.3) is 0 Å². The summed E-state index contributed by atoms with van der Waals surface area (Å²) < 4.78 is 29.2. The SMILES string of the molecule is Cc1nn(C)c(C)c1S(=O)(=O)NC(C)C(=O)N(C)C1CCNC1. The minimum absolute atomic E-state index is 0.108. The van der Waals surface area contributed by atoms with E-state index in [4.69, 9.17) is 0 Å². The standard InChI is InChI=1S/C14H25N5O3S/c1-9-13(11(3)19(5)16-9)23(21,22)17-10(2)14(20)18(4)12-6-7-15-8-12/h10,12,15,17H,6-8H2,1-5H3. The van der Waals surface area contributed by atoms with Gasteiger partial charge in [0, 0.05) is 26.7 Å². The van der Waals surface area contributed by atoms with E-state index in [1.807, 2.05) is 0 Å². The molecule has 1 saturated heterocycles. The third-order valence-corrected chi connectivity index (χ3v) is 6.14. The number of aromatic nitrogens is 2. The number of carbonyl (C=O) groups is 1. The number of sulfonamides is 1. The first kappa shape index (κ1) is 17.9. The van der Waals surface area contributed by atoms with E-state index in [1.54, 1.807) is 39.8 Å². The summed E-state index contributed by atoms with van der Waals surface area (Å²) in [5.74, 6) is -0.235. The summed E-state index contributed by atoms with van der Waals surface area (Å²) in [4.78, 5) is 14.2. The quantitative estimate of drug-likeness (QED) is 0.753. The van der Waals surface area contributed by atoms with Gasteiger partial charge in [0.15, 0.2) is 0 Å². The highest BCUT2D eigenvalue weighted by Crippen LogP contribution is 2.19. The van der Waals surface area contributed by atoms with E-state index in [0.29, 0.717) is 11.4 Å². The highest BCUT2D eigenvalue weighted by Gasteiger charge is 2.31. The Morgan fingerprint density at radius 3 is 2.61 bits per heavy atom. The van der Waals surface area contributed by atoms with Crippen LogP contribution in [0.25, 0.3) is 0 Å². The number of aryl methyl sites for hydroxylation is 2. The van der Waals surface area contributed by atoms with Crippen LogP contribution < -0.4 is 10.0 Å². The van der Waals surface area contributed by atoms with Crippen LogP contribution >= 0.6 is 0 Å². The minimum atomic E-state index is -3.80. The largest absolute Gasteiger partial charge is 0.340 e. The summed E-state index contributed by atoms with van der Waals surface area (Å²) in [6.07, 6.45) is 0.878. The van der Waals surface area contributed by atoms with E-state index in [1.165, 1.54) is 4.68 Å². The molecule has 1 aromatic heterocycles. The average Bonchev–Trinajstić information content (AvgIpc) is 3.06. The first-order chi connectivity index (χ1) is 10.6. The molecule has 130 valence electrons. The molecule has 0 aromatic carbocycles. The van der Waals surface area contributed by atoms with E-state index in [-0.39, 0.29) is 16.8 Å². The maximum absolute atomic E-state index is 12.6. The number of nitrogens with one attached hydrogen (secondary N) is 2. The molecule has 1 aliphatic heterocycles. The van der Waals surface area contributed by atoms with E-state index < -0.39 is 16.1 Å². The lowest BCUT2D eigenvalue weighted by molar-refractivity contribution is -0.133. The molecule has 0 saturated carbocycles. The molecule has 1 aliphatic rings. The van der Waals surface area contributed by atoms with Crippen molar-refractivity contribution in [3.05, 3.63) is 11.4 Å². The molecular formula is C14H25N5O3S. The molecule has 2 heterocycles. The second kappa shape index (κ2) is 6.58.